The minimum atomic E-state index is -3.83. The van der Waals surface area contributed by atoms with Gasteiger partial charge in [-0.05, 0) is 48.7 Å². The molecule has 0 atom stereocenters. The molecule has 2 aromatic rings. The van der Waals surface area contributed by atoms with Crippen LogP contribution in [0.25, 0.3) is 0 Å². The molecule has 1 aliphatic heterocycles. The van der Waals surface area contributed by atoms with Gasteiger partial charge in [0.05, 0.1) is 23.1 Å². The van der Waals surface area contributed by atoms with Crippen LogP contribution in [0.4, 0.5) is 5.82 Å². The molecule has 1 aromatic carbocycles. The Hall–Kier alpha value is -1.71. The van der Waals surface area contributed by atoms with E-state index in [2.05, 4.69) is 4.98 Å². The zero-order valence-corrected chi connectivity index (χ0v) is 22.1. The Balaban J connectivity index is 2.10. The number of hydrogen-bond acceptors (Lipinski definition) is 6. The Morgan fingerprint density at radius 1 is 1.18 bits per heavy atom. The number of benzene rings is 1. The Kier molecular flexibility index (Phi) is 8.30. The molecule has 1 aromatic heterocycles. The second-order valence-corrected chi connectivity index (χ2v) is 12.4. The first-order chi connectivity index (χ1) is 15.9. The molecule has 0 spiro atoms. The number of halogens is 2. The molecule has 3 rings (SSSR count). The zero-order valence-electron chi connectivity index (χ0n) is 19.8. The number of aromatic nitrogens is 1. The number of amides is 1. The van der Waals surface area contributed by atoms with Crippen LogP contribution in [0.5, 0.6) is 0 Å². The Bertz CT molecular complexity index is 1130. The van der Waals surface area contributed by atoms with Gasteiger partial charge < -0.3 is 9.47 Å². The lowest BCUT2D eigenvalue weighted by atomic mass is 9.91. The molecular weight excluding hydrogens is 499 g/mol. The number of anilines is 1. The van der Waals surface area contributed by atoms with Gasteiger partial charge in [0.1, 0.15) is 4.75 Å². The molecule has 7 nitrogen and oxygen atoms in total. The first-order valence-corrected chi connectivity index (χ1v) is 13.2. The van der Waals surface area contributed by atoms with Crippen LogP contribution in [-0.2, 0) is 28.9 Å². The largest absolute Gasteiger partial charge is 0.383 e. The normalized spacial score (nSPS) is 16.3. The molecule has 1 aliphatic rings. The molecule has 34 heavy (non-hydrogen) atoms. The highest BCUT2D eigenvalue weighted by Crippen LogP contribution is 2.45. The summed E-state index contributed by atoms with van der Waals surface area (Å²) >= 11 is 12.6. The summed E-state index contributed by atoms with van der Waals surface area (Å²) in [6.07, 6.45) is 2.02. The Labute approximate surface area is 211 Å². The van der Waals surface area contributed by atoms with Crippen LogP contribution in [0.1, 0.15) is 39.2 Å². The van der Waals surface area contributed by atoms with E-state index >= 15 is 0 Å². The van der Waals surface area contributed by atoms with Gasteiger partial charge in [-0.3, -0.25) is 9.69 Å². The van der Waals surface area contributed by atoms with Crippen LogP contribution in [-0.4, -0.2) is 52.8 Å². The highest BCUT2D eigenvalue weighted by atomic mass is 35.5. The minimum absolute atomic E-state index is 0.165. The van der Waals surface area contributed by atoms with E-state index in [-0.39, 0.29) is 54.2 Å². The second kappa shape index (κ2) is 10.5. The molecule has 0 radical (unpaired) electrons. The van der Waals surface area contributed by atoms with Crippen molar-refractivity contribution >= 4 is 44.8 Å². The first-order valence-electron chi connectivity index (χ1n) is 11.0. The van der Waals surface area contributed by atoms with Gasteiger partial charge in [0.25, 0.3) is 0 Å². The molecule has 0 saturated carbocycles. The van der Waals surface area contributed by atoms with Gasteiger partial charge in [0.2, 0.25) is 5.91 Å². The monoisotopic (exact) mass is 528 g/mol. The summed E-state index contributed by atoms with van der Waals surface area (Å²) in [4.78, 5) is 19.2. The third-order valence-corrected chi connectivity index (χ3v) is 9.04. The van der Waals surface area contributed by atoms with E-state index in [1.807, 2.05) is 20.8 Å². The van der Waals surface area contributed by atoms with Gasteiger partial charge in [-0.2, -0.15) is 0 Å². The molecule has 1 fully saturated rings. The number of carbonyl (C=O) groups is 1. The molecule has 10 heteroatoms. The molecule has 0 bridgehead atoms. The topological polar surface area (TPSA) is 85.8 Å². The Morgan fingerprint density at radius 3 is 2.32 bits per heavy atom. The zero-order chi connectivity index (χ0) is 25.1. The highest BCUT2D eigenvalue weighted by molar-refractivity contribution is 7.92. The van der Waals surface area contributed by atoms with E-state index in [0.717, 1.165) is 0 Å². The average Bonchev–Trinajstić information content (AvgIpc) is 2.80. The highest BCUT2D eigenvalue weighted by Gasteiger charge is 2.48. The molecule has 186 valence electrons. The van der Waals surface area contributed by atoms with Gasteiger partial charge in [-0.1, -0.05) is 44.0 Å². The quantitative estimate of drug-likeness (QED) is 0.508. The number of carbonyl (C=O) groups excluding carboxylic acids is 1. The Morgan fingerprint density at radius 2 is 1.79 bits per heavy atom. The maximum absolute atomic E-state index is 13.9. The van der Waals surface area contributed by atoms with Gasteiger partial charge >= 0.3 is 0 Å². The van der Waals surface area contributed by atoms with E-state index in [0.29, 0.717) is 17.2 Å². The van der Waals surface area contributed by atoms with Crippen LogP contribution in [0.2, 0.25) is 10.0 Å². The van der Waals surface area contributed by atoms with Gasteiger partial charge in [0, 0.05) is 37.0 Å². The summed E-state index contributed by atoms with van der Waals surface area (Å²) in [5.74, 6) is 0.106. The summed E-state index contributed by atoms with van der Waals surface area (Å²) in [6, 6.07) is 7.74. The van der Waals surface area contributed by atoms with Crippen molar-refractivity contribution in [1.82, 2.24) is 4.98 Å². The number of hydrogen-bond donors (Lipinski definition) is 0. The third kappa shape index (κ3) is 5.26. The van der Waals surface area contributed by atoms with Crippen molar-refractivity contribution in [2.24, 2.45) is 5.41 Å². The molecule has 0 N–H and O–H groups in total. The number of nitrogens with zero attached hydrogens (tertiary/aromatic N) is 2. The molecule has 2 heterocycles. The van der Waals surface area contributed by atoms with Crippen molar-refractivity contribution in [2.75, 3.05) is 38.4 Å². The van der Waals surface area contributed by atoms with E-state index < -0.39 is 20.0 Å². The second-order valence-electron chi connectivity index (χ2n) is 9.29. The smallest absolute Gasteiger partial charge is 0.233 e. The van der Waals surface area contributed by atoms with Crippen molar-refractivity contribution in [1.29, 1.82) is 0 Å². The van der Waals surface area contributed by atoms with Crippen molar-refractivity contribution in [3.8, 4) is 0 Å². The van der Waals surface area contributed by atoms with Crippen LogP contribution < -0.4 is 4.90 Å². The standard InChI is InChI=1S/C24H30Cl2N2O5S/c1-23(2,3)22(29)28(11-14-32-4)21-20(26)15-17(16-27-21)24(9-12-33-13-10-24)34(30,31)19-7-5-18(25)6-8-19/h5-8,15-16H,9-14H2,1-4H3. The summed E-state index contributed by atoms with van der Waals surface area (Å²) in [5.41, 5.74) is -0.202. The summed E-state index contributed by atoms with van der Waals surface area (Å²) < 4.78 is 37.2. The van der Waals surface area contributed by atoms with Crippen LogP contribution in [0.3, 0.4) is 0 Å². The molecule has 0 unspecified atom stereocenters. The maximum atomic E-state index is 13.9. The predicted octanol–water partition coefficient (Wildman–Crippen LogP) is 4.89. The summed E-state index contributed by atoms with van der Waals surface area (Å²) in [6.45, 7) is 6.57. The van der Waals surface area contributed by atoms with Crippen molar-refractivity contribution < 1.29 is 22.7 Å². The van der Waals surface area contributed by atoms with Crippen LogP contribution in [0.15, 0.2) is 41.4 Å². The van der Waals surface area contributed by atoms with Crippen molar-refractivity contribution in [2.45, 2.75) is 43.3 Å². The fraction of sp³-hybridized carbons (Fsp3) is 0.500. The van der Waals surface area contributed by atoms with E-state index in [9.17, 15) is 13.2 Å². The predicted molar refractivity (Wildman–Crippen MR) is 133 cm³/mol. The average molecular weight is 529 g/mol. The van der Waals surface area contributed by atoms with E-state index in [4.69, 9.17) is 32.7 Å². The fourth-order valence-corrected chi connectivity index (χ4v) is 6.49. The molecule has 1 saturated heterocycles. The summed E-state index contributed by atoms with van der Waals surface area (Å²) in [5, 5.41) is 0.650. The maximum Gasteiger partial charge on any atom is 0.233 e. The fourth-order valence-electron chi connectivity index (χ4n) is 4.02. The lowest BCUT2D eigenvalue weighted by Crippen LogP contribution is -2.43. The van der Waals surface area contributed by atoms with Gasteiger partial charge in [-0.15, -0.1) is 0 Å². The van der Waals surface area contributed by atoms with Crippen LogP contribution >= 0.6 is 23.2 Å². The molecular formula is C24H30Cl2N2O5S. The third-order valence-electron chi connectivity index (χ3n) is 5.95. The molecule has 0 aliphatic carbocycles. The lowest BCUT2D eigenvalue weighted by molar-refractivity contribution is -0.126. The SMILES string of the molecule is COCCN(C(=O)C(C)(C)C)c1ncc(C2(S(=O)(=O)c3ccc(Cl)cc3)CCOCC2)cc1Cl. The van der Waals surface area contributed by atoms with E-state index in [1.165, 1.54) is 23.2 Å². The number of rotatable bonds is 7. The van der Waals surface area contributed by atoms with E-state index in [1.54, 1.807) is 25.3 Å². The van der Waals surface area contributed by atoms with Crippen molar-refractivity contribution in [3.63, 3.8) is 0 Å². The number of pyridine rings is 1. The first kappa shape index (κ1) is 26.9. The number of methoxy groups -OCH3 is 1. The minimum Gasteiger partial charge on any atom is -0.383 e. The summed E-state index contributed by atoms with van der Waals surface area (Å²) in [7, 11) is -2.28. The lowest BCUT2D eigenvalue weighted by Gasteiger charge is -2.37. The van der Waals surface area contributed by atoms with Gasteiger partial charge in [0.15, 0.2) is 15.7 Å². The van der Waals surface area contributed by atoms with Crippen LogP contribution in [0, 0.1) is 5.41 Å². The van der Waals surface area contributed by atoms with Gasteiger partial charge in [-0.25, -0.2) is 13.4 Å². The molecule has 1 amide bonds. The number of sulfone groups is 1. The number of ether oxygens (including phenoxy) is 2. The van der Waals surface area contributed by atoms with Crippen molar-refractivity contribution in [3.05, 3.63) is 52.1 Å².